The first-order chi connectivity index (χ1) is 7.53. The van der Waals surface area contributed by atoms with Gasteiger partial charge in [-0.05, 0) is 18.6 Å². The number of nitrogens with two attached hydrogens (primary N) is 1. The molecule has 0 spiro atoms. The normalized spacial score (nSPS) is 12.1. The van der Waals surface area contributed by atoms with Crippen LogP contribution in [0.3, 0.4) is 0 Å². The molecule has 0 saturated heterocycles. The molecule has 0 unspecified atom stereocenters. The lowest BCUT2D eigenvalue weighted by Crippen LogP contribution is -2.05. The summed E-state index contributed by atoms with van der Waals surface area (Å²) < 4.78 is 28.6. The molecule has 1 aromatic carbocycles. The van der Waals surface area contributed by atoms with E-state index >= 15 is 0 Å². The van der Waals surface area contributed by atoms with E-state index in [1.54, 1.807) is 25.1 Å². The highest BCUT2D eigenvalue weighted by atomic mass is 32.2. The van der Waals surface area contributed by atoms with E-state index in [4.69, 9.17) is 10.2 Å². The van der Waals surface area contributed by atoms with Gasteiger partial charge in [0.1, 0.15) is 5.52 Å². The van der Waals surface area contributed by atoms with Gasteiger partial charge in [-0.3, -0.25) is 0 Å². The molecule has 6 heteroatoms. The summed E-state index contributed by atoms with van der Waals surface area (Å²) >= 11 is 0. The summed E-state index contributed by atoms with van der Waals surface area (Å²) in [5.74, 6) is 0.0370. The molecule has 0 aliphatic heterocycles. The zero-order valence-electron chi connectivity index (χ0n) is 8.80. The van der Waals surface area contributed by atoms with Gasteiger partial charge >= 0.3 is 5.22 Å². The van der Waals surface area contributed by atoms with Crippen molar-refractivity contribution in [2.24, 2.45) is 0 Å². The fraction of sp³-hybridized carbons (Fsp3) is 0.300. The highest BCUT2D eigenvalue weighted by Gasteiger charge is 2.20. The summed E-state index contributed by atoms with van der Waals surface area (Å²) in [7, 11) is -3.40. The van der Waals surface area contributed by atoms with E-state index in [2.05, 4.69) is 4.98 Å². The number of hydrogen-bond acceptors (Lipinski definition) is 5. The van der Waals surface area contributed by atoms with Crippen LogP contribution in [0.4, 0.5) is 5.69 Å². The highest BCUT2D eigenvalue weighted by Crippen LogP contribution is 2.21. The maximum absolute atomic E-state index is 11.7. The molecule has 16 heavy (non-hydrogen) atoms. The van der Waals surface area contributed by atoms with Gasteiger partial charge in [0.05, 0.1) is 5.75 Å². The Morgan fingerprint density at radius 2 is 2.19 bits per heavy atom. The molecule has 2 N–H and O–H groups in total. The van der Waals surface area contributed by atoms with Crippen molar-refractivity contribution in [3.63, 3.8) is 0 Å². The summed E-state index contributed by atoms with van der Waals surface area (Å²) in [6.07, 6.45) is 0.531. The van der Waals surface area contributed by atoms with Gasteiger partial charge in [0.15, 0.2) is 5.58 Å². The van der Waals surface area contributed by atoms with Crippen molar-refractivity contribution in [3.8, 4) is 0 Å². The minimum absolute atomic E-state index is 0.0370. The molecule has 86 valence electrons. The van der Waals surface area contributed by atoms with Gasteiger partial charge in [0.2, 0.25) is 9.84 Å². The summed E-state index contributed by atoms with van der Waals surface area (Å²) in [6.45, 7) is 1.79. The van der Waals surface area contributed by atoms with Crippen LogP contribution in [0.5, 0.6) is 0 Å². The van der Waals surface area contributed by atoms with E-state index in [1.165, 1.54) is 0 Å². The largest absolute Gasteiger partial charge is 0.428 e. The maximum atomic E-state index is 11.7. The van der Waals surface area contributed by atoms with Gasteiger partial charge in [0.25, 0.3) is 0 Å². The van der Waals surface area contributed by atoms with Crippen LogP contribution in [0.15, 0.2) is 27.8 Å². The number of nitrogens with zero attached hydrogens (tertiary/aromatic N) is 1. The Kier molecular flexibility index (Phi) is 2.59. The monoisotopic (exact) mass is 240 g/mol. The predicted molar refractivity (Wildman–Crippen MR) is 60.8 cm³/mol. The summed E-state index contributed by atoms with van der Waals surface area (Å²) in [5, 5.41) is -0.227. The lowest BCUT2D eigenvalue weighted by atomic mass is 10.3. The van der Waals surface area contributed by atoms with Crippen molar-refractivity contribution in [3.05, 3.63) is 18.2 Å². The van der Waals surface area contributed by atoms with Crippen LogP contribution in [0.1, 0.15) is 13.3 Å². The number of aromatic nitrogens is 1. The molecule has 0 aliphatic carbocycles. The fourth-order valence-corrected chi connectivity index (χ4v) is 2.58. The lowest BCUT2D eigenvalue weighted by molar-refractivity contribution is 0.458. The molecule has 1 aromatic heterocycles. The van der Waals surface area contributed by atoms with Gasteiger partial charge in [-0.15, -0.1) is 0 Å². The van der Waals surface area contributed by atoms with E-state index in [9.17, 15) is 8.42 Å². The molecule has 0 atom stereocenters. The molecule has 0 aliphatic rings. The van der Waals surface area contributed by atoms with Crippen LogP contribution < -0.4 is 5.73 Å². The van der Waals surface area contributed by atoms with Crippen molar-refractivity contribution in [1.29, 1.82) is 0 Å². The van der Waals surface area contributed by atoms with Crippen LogP contribution in [-0.2, 0) is 9.84 Å². The molecule has 0 bridgehead atoms. The van der Waals surface area contributed by atoms with E-state index < -0.39 is 9.84 Å². The molecule has 2 rings (SSSR count). The summed E-state index contributed by atoms with van der Waals surface area (Å²) in [4.78, 5) is 3.93. The molecule has 0 saturated carbocycles. The second kappa shape index (κ2) is 3.79. The zero-order chi connectivity index (χ0) is 11.8. The highest BCUT2D eigenvalue weighted by molar-refractivity contribution is 7.91. The Balaban J connectivity index is 2.55. The van der Waals surface area contributed by atoms with Crippen LogP contribution in [0, 0.1) is 0 Å². The fourth-order valence-electron chi connectivity index (χ4n) is 1.41. The molecule has 2 aromatic rings. The Morgan fingerprint density at radius 1 is 1.44 bits per heavy atom. The first-order valence-corrected chi connectivity index (χ1v) is 6.57. The van der Waals surface area contributed by atoms with Crippen molar-refractivity contribution in [2.45, 2.75) is 18.6 Å². The topological polar surface area (TPSA) is 86.2 Å². The summed E-state index contributed by atoms with van der Waals surface area (Å²) in [5.41, 5.74) is 6.98. The Bertz CT molecular complexity index is 616. The first kappa shape index (κ1) is 10.9. The van der Waals surface area contributed by atoms with Crippen LogP contribution in [0.25, 0.3) is 11.1 Å². The van der Waals surface area contributed by atoms with E-state index in [-0.39, 0.29) is 11.0 Å². The maximum Gasteiger partial charge on any atom is 0.316 e. The number of hydrogen-bond donors (Lipinski definition) is 1. The lowest BCUT2D eigenvalue weighted by Gasteiger charge is -1.94. The second-order valence-corrected chi connectivity index (χ2v) is 5.51. The number of nitrogen functional groups attached to an aromatic ring is 1. The molecule has 1 heterocycles. The van der Waals surface area contributed by atoms with E-state index in [0.29, 0.717) is 23.2 Å². The quantitative estimate of drug-likeness (QED) is 0.823. The number of fused-ring (bicyclic) bond motifs is 1. The van der Waals surface area contributed by atoms with Crippen molar-refractivity contribution < 1.29 is 12.8 Å². The summed E-state index contributed by atoms with van der Waals surface area (Å²) in [6, 6.07) is 4.85. The van der Waals surface area contributed by atoms with Crippen LogP contribution >= 0.6 is 0 Å². The minimum atomic E-state index is -3.40. The third kappa shape index (κ3) is 1.88. The number of rotatable bonds is 3. The van der Waals surface area contributed by atoms with Gasteiger partial charge in [-0.2, -0.15) is 4.98 Å². The van der Waals surface area contributed by atoms with Gasteiger partial charge in [-0.25, -0.2) is 8.42 Å². The molecule has 0 radical (unpaired) electrons. The minimum Gasteiger partial charge on any atom is -0.428 e. The number of benzene rings is 1. The van der Waals surface area contributed by atoms with Crippen molar-refractivity contribution in [1.82, 2.24) is 4.98 Å². The predicted octanol–water partition coefficient (Wildman–Crippen LogP) is 1.59. The number of sulfone groups is 1. The molecular weight excluding hydrogens is 228 g/mol. The standard InChI is InChI=1S/C10H12N2O3S/c1-2-5-16(13,14)10-12-8-4-3-7(11)6-9(8)15-10/h3-4,6H,2,5,11H2,1H3. The number of oxazole rings is 1. The Labute approximate surface area is 93.2 Å². The molecular formula is C10H12N2O3S. The van der Waals surface area contributed by atoms with Crippen LogP contribution in [0.2, 0.25) is 0 Å². The zero-order valence-corrected chi connectivity index (χ0v) is 9.62. The third-order valence-corrected chi connectivity index (χ3v) is 3.78. The SMILES string of the molecule is CCCS(=O)(=O)c1nc2ccc(N)cc2o1. The number of anilines is 1. The third-order valence-electron chi connectivity index (χ3n) is 2.13. The molecule has 0 amide bonds. The Morgan fingerprint density at radius 3 is 2.88 bits per heavy atom. The average Bonchev–Trinajstić information content (AvgIpc) is 2.61. The van der Waals surface area contributed by atoms with Gasteiger partial charge in [0, 0.05) is 11.8 Å². The van der Waals surface area contributed by atoms with Crippen LogP contribution in [-0.4, -0.2) is 19.2 Å². The first-order valence-electron chi connectivity index (χ1n) is 4.92. The van der Waals surface area contributed by atoms with Gasteiger partial charge < -0.3 is 10.2 Å². The average molecular weight is 240 g/mol. The molecule has 0 fully saturated rings. The van der Waals surface area contributed by atoms with Crippen molar-refractivity contribution in [2.75, 3.05) is 11.5 Å². The van der Waals surface area contributed by atoms with E-state index in [0.717, 1.165) is 0 Å². The van der Waals surface area contributed by atoms with Gasteiger partial charge in [-0.1, -0.05) is 6.92 Å². The smallest absolute Gasteiger partial charge is 0.316 e. The Hall–Kier alpha value is -1.56. The van der Waals surface area contributed by atoms with E-state index in [1.807, 2.05) is 0 Å². The second-order valence-electron chi connectivity index (χ2n) is 3.53. The molecule has 5 nitrogen and oxygen atoms in total. The van der Waals surface area contributed by atoms with Crippen molar-refractivity contribution >= 4 is 26.6 Å².